The van der Waals surface area contributed by atoms with Crippen LogP contribution in [-0.2, 0) is 0 Å². The molecule has 0 radical (unpaired) electrons. The predicted molar refractivity (Wildman–Crippen MR) is 99.7 cm³/mol. The van der Waals surface area contributed by atoms with Crippen LogP contribution in [0.3, 0.4) is 0 Å². The average molecular weight is 330 g/mol. The van der Waals surface area contributed by atoms with Gasteiger partial charge in [0.2, 0.25) is 0 Å². The maximum atomic E-state index is 12.3. The van der Waals surface area contributed by atoms with E-state index in [4.69, 9.17) is 0 Å². The molecular weight excluding hydrogens is 300 g/mol. The predicted octanol–water partition coefficient (Wildman–Crippen LogP) is 2.70. The Morgan fingerprint density at radius 2 is 1.92 bits per heavy atom. The van der Waals surface area contributed by atoms with Crippen LogP contribution >= 0.6 is 0 Å². The van der Waals surface area contributed by atoms with Crippen molar-refractivity contribution in [2.24, 2.45) is 0 Å². The van der Waals surface area contributed by atoms with Gasteiger partial charge in [0.1, 0.15) is 0 Å². The highest BCUT2D eigenvalue weighted by molar-refractivity contribution is 5.75. The molecule has 24 heavy (non-hydrogen) atoms. The molecule has 1 N–H and O–H groups in total. The normalized spacial score (nSPS) is 17.1. The molecule has 132 valence electrons. The Balaban J connectivity index is 1.59. The highest BCUT2D eigenvalue weighted by Gasteiger charge is 2.23. The lowest BCUT2D eigenvalue weighted by atomic mass is 10.0. The van der Waals surface area contributed by atoms with E-state index < -0.39 is 0 Å². The van der Waals surface area contributed by atoms with Gasteiger partial charge in [-0.3, -0.25) is 4.57 Å². The van der Waals surface area contributed by atoms with E-state index in [1.807, 2.05) is 28.8 Å². The van der Waals surface area contributed by atoms with Gasteiger partial charge in [-0.25, -0.2) is 4.79 Å². The van der Waals surface area contributed by atoms with Gasteiger partial charge in [0, 0.05) is 32.2 Å². The number of imidazole rings is 1. The van der Waals surface area contributed by atoms with Gasteiger partial charge >= 0.3 is 5.69 Å². The lowest BCUT2D eigenvalue weighted by molar-refractivity contribution is 0.160. The number of likely N-dealkylation sites (tertiary alicyclic amines) is 1. The van der Waals surface area contributed by atoms with Crippen LogP contribution in [0.25, 0.3) is 11.0 Å². The SMILES string of the molecule is CCCN(CC)CCN1CCC(n2c(=O)[nH]c3ccccc32)CC1. The smallest absolute Gasteiger partial charge is 0.306 e. The molecule has 1 aromatic heterocycles. The molecule has 5 heteroatoms. The number of hydrogen-bond donors (Lipinski definition) is 1. The fourth-order valence-electron chi connectivity index (χ4n) is 3.87. The molecule has 5 nitrogen and oxygen atoms in total. The van der Waals surface area contributed by atoms with Crippen molar-refractivity contribution in [3.05, 3.63) is 34.7 Å². The lowest BCUT2D eigenvalue weighted by Crippen LogP contribution is -2.41. The third kappa shape index (κ3) is 3.73. The molecule has 2 aromatic rings. The first-order valence-electron chi connectivity index (χ1n) is 9.36. The second-order valence-electron chi connectivity index (χ2n) is 6.82. The molecule has 1 aromatic carbocycles. The standard InChI is InChI=1S/C19H30N4O/c1-3-11-21(4-2)14-15-22-12-9-16(10-13-22)23-18-8-6-5-7-17(18)20-19(23)24/h5-8,16H,3-4,9-15H2,1-2H3,(H,20,24). The third-order valence-electron chi connectivity index (χ3n) is 5.27. The molecule has 0 spiro atoms. The first-order chi connectivity index (χ1) is 11.7. The summed E-state index contributed by atoms with van der Waals surface area (Å²) in [5, 5.41) is 0. The Morgan fingerprint density at radius 3 is 2.62 bits per heavy atom. The Labute approximate surface area is 144 Å². The first-order valence-corrected chi connectivity index (χ1v) is 9.36. The van der Waals surface area contributed by atoms with Crippen LogP contribution in [0.5, 0.6) is 0 Å². The van der Waals surface area contributed by atoms with Crippen LogP contribution in [0.4, 0.5) is 0 Å². The number of H-pyrrole nitrogens is 1. The minimum atomic E-state index is 0.0368. The molecule has 2 heterocycles. The van der Waals surface area contributed by atoms with Gasteiger partial charge in [-0.05, 0) is 44.5 Å². The molecule has 1 aliphatic heterocycles. The zero-order chi connectivity index (χ0) is 16.9. The van der Waals surface area contributed by atoms with Crippen molar-refractivity contribution < 1.29 is 0 Å². The molecule has 1 fully saturated rings. The van der Waals surface area contributed by atoms with Crippen molar-refractivity contribution >= 4 is 11.0 Å². The average Bonchev–Trinajstić information content (AvgIpc) is 2.95. The Hall–Kier alpha value is -1.59. The van der Waals surface area contributed by atoms with Crippen molar-refractivity contribution in [2.45, 2.75) is 39.2 Å². The van der Waals surface area contributed by atoms with Gasteiger partial charge < -0.3 is 14.8 Å². The van der Waals surface area contributed by atoms with Gasteiger partial charge in [-0.2, -0.15) is 0 Å². The van der Waals surface area contributed by atoms with Crippen LogP contribution < -0.4 is 5.69 Å². The number of hydrogen-bond acceptors (Lipinski definition) is 3. The van der Waals surface area contributed by atoms with Crippen molar-refractivity contribution in [1.29, 1.82) is 0 Å². The van der Waals surface area contributed by atoms with Gasteiger partial charge in [-0.15, -0.1) is 0 Å². The highest BCUT2D eigenvalue weighted by atomic mass is 16.1. The van der Waals surface area contributed by atoms with E-state index in [1.165, 1.54) is 13.0 Å². The molecule has 0 saturated carbocycles. The molecule has 1 saturated heterocycles. The summed E-state index contributed by atoms with van der Waals surface area (Å²) in [5.74, 6) is 0. The molecular formula is C19H30N4O. The molecule has 3 rings (SSSR count). The molecule has 1 aliphatic rings. The fraction of sp³-hybridized carbons (Fsp3) is 0.632. The minimum Gasteiger partial charge on any atom is -0.306 e. The Bertz CT molecular complexity index is 697. The van der Waals surface area contributed by atoms with Crippen LogP contribution in [0.2, 0.25) is 0 Å². The second kappa shape index (κ2) is 7.99. The van der Waals surface area contributed by atoms with Gasteiger partial charge in [0.25, 0.3) is 0 Å². The van der Waals surface area contributed by atoms with E-state index in [-0.39, 0.29) is 5.69 Å². The second-order valence-corrected chi connectivity index (χ2v) is 6.82. The number of rotatable bonds is 7. The van der Waals surface area contributed by atoms with Gasteiger partial charge in [0.05, 0.1) is 11.0 Å². The minimum absolute atomic E-state index is 0.0368. The van der Waals surface area contributed by atoms with Crippen molar-refractivity contribution in [3.8, 4) is 0 Å². The number of piperidine rings is 1. The summed E-state index contributed by atoms with van der Waals surface area (Å²) < 4.78 is 1.97. The fourth-order valence-corrected chi connectivity index (χ4v) is 3.87. The van der Waals surface area contributed by atoms with E-state index in [0.717, 1.165) is 56.6 Å². The summed E-state index contributed by atoms with van der Waals surface area (Å²) in [5.41, 5.74) is 2.03. The number of aromatic amines is 1. The first kappa shape index (κ1) is 17.2. The van der Waals surface area contributed by atoms with Crippen molar-refractivity contribution in [2.75, 3.05) is 39.3 Å². The van der Waals surface area contributed by atoms with E-state index in [1.54, 1.807) is 0 Å². The van der Waals surface area contributed by atoms with E-state index >= 15 is 0 Å². The van der Waals surface area contributed by atoms with Crippen LogP contribution in [0.15, 0.2) is 29.1 Å². The zero-order valence-electron chi connectivity index (χ0n) is 15.0. The third-order valence-corrected chi connectivity index (χ3v) is 5.27. The van der Waals surface area contributed by atoms with Gasteiger partial charge in [0.15, 0.2) is 0 Å². The summed E-state index contributed by atoms with van der Waals surface area (Å²) in [7, 11) is 0. The summed E-state index contributed by atoms with van der Waals surface area (Å²) in [6, 6.07) is 8.33. The van der Waals surface area contributed by atoms with Crippen LogP contribution in [0.1, 0.15) is 39.2 Å². The van der Waals surface area contributed by atoms with Gasteiger partial charge in [-0.1, -0.05) is 26.0 Å². The summed E-state index contributed by atoms with van der Waals surface area (Å²) in [6.07, 6.45) is 3.34. The Morgan fingerprint density at radius 1 is 1.17 bits per heavy atom. The number of fused-ring (bicyclic) bond motifs is 1. The molecule has 0 atom stereocenters. The lowest BCUT2D eigenvalue weighted by Gasteiger charge is -2.33. The van der Waals surface area contributed by atoms with Crippen LogP contribution in [0, 0.1) is 0 Å². The topological polar surface area (TPSA) is 44.3 Å². The number of aromatic nitrogens is 2. The number of nitrogens with zero attached hydrogens (tertiary/aromatic N) is 3. The molecule has 0 aliphatic carbocycles. The summed E-state index contributed by atoms with van der Waals surface area (Å²) in [6.45, 7) is 11.3. The molecule has 0 bridgehead atoms. The van der Waals surface area contributed by atoms with Crippen LogP contribution in [-0.4, -0.2) is 58.6 Å². The summed E-state index contributed by atoms with van der Waals surface area (Å²) in [4.78, 5) is 20.4. The maximum Gasteiger partial charge on any atom is 0.326 e. The van der Waals surface area contributed by atoms with Crippen molar-refractivity contribution in [3.63, 3.8) is 0 Å². The quantitative estimate of drug-likeness (QED) is 0.849. The number of para-hydroxylation sites is 2. The highest BCUT2D eigenvalue weighted by Crippen LogP contribution is 2.24. The van der Waals surface area contributed by atoms with E-state index in [9.17, 15) is 4.79 Å². The summed E-state index contributed by atoms with van der Waals surface area (Å²) >= 11 is 0. The Kier molecular flexibility index (Phi) is 5.74. The number of likely N-dealkylation sites (N-methyl/N-ethyl adjacent to an activating group) is 1. The van der Waals surface area contributed by atoms with E-state index in [2.05, 4.69) is 28.6 Å². The largest absolute Gasteiger partial charge is 0.326 e. The number of nitrogens with one attached hydrogen (secondary N) is 1. The van der Waals surface area contributed by atoms with Crippen molar-refractivity contribution in [1.82, 2.24) is 19.4 Å². The number of benzene rings is 1. The maximum absolute atomic E-state index is 12.3. The molecule has 0 amide bonds. The zero-order valence-corrected chi connectivity index (χ0v) is 15.0. The molecule has 0 unspecified atom stereocenters. The monoisotopic (exact) mass is 330 g/mol. The van der Waals surface area contributed by atoms with E-state index in [0.29, 0.717) is 6.04 Å².